The number of hydrogen-bond acceptors (Lipinski definition) is 4. The van der Waals surface area contributed by atoms with Crippen molar-refractivity contribution in [3.05, 3.63) is 91.3 Å². The highest BCUT2D eigenvalue weighted by Gasteiger charge is 2.13. The molecule has 3 rings (SSSR count). The van der Waals surface area contributed by atoms with Crippen LogP contribution in [0, 0.1) is 6.92 Å². The summed E-state index contributed by atoms with van der Waals surface area (Å²) in [5.74, 6) is 0.826. The van der Waals surface area contributed by atoms with E-state index in [1.165, 1.54) is 0 Å². The first-order valence-electron chi connectivity index (χ1n) is 11.3. The molecule has 0 saturated carbocycles. The minimum absolute atomic E-state index is 0.000906. The molecule has 3 aromatic rings. The minimum Gasteiger partial charge on any atom is -0.356 e. The summed E-state index contributed by atoms with van der Waals surface area (Å²) in [5.41, 5.74) is 3.56. The molecule has 34 heavy (non-hydrogen) atoms. The summed E-state index contributed by atoms with van der Waals surface area (Å²) in [4.78, 5) is 29.7. The number of carbonyl (C=O) groups is 1. The average Bonchev–Trinajstić information content (AvgIpc) is 2.81. The van der Waals surface area contributed by atoms with Gasteiger partial charge in [0.25, 0.3) is 5.56 Å². The Balaban J connectivity index is 1.40. The molecule has 0 unspecified atom stereocenters. The van der Waals surface area contributed by atoms with Crippen LogP contribution >= 0.6 is 35.0 Å². The molecule has 1 heterocycles. The first-order valence-corrected chi connectivity index (χ1v) is 13.0. The summed E-state index contributed by atoms with van der Waals surface area (Å²) < 4.78 is 1.63. The van der Waals surface area contributed by atoms with Crippen molar-refractivity contribution in [3.8, 4) is 0 Å². The smallest absolute Gasteiger partial charge is 0.257 e. The van der Waals surface area contributed by atoms with Crippen LogP contribution in [0.1, 0.15) is 41.6 Å². The van der Waals surface area contributed by atoms with Gasteiger partial charge in [-0.3, -0.25) is 14.2 Å². The summed E-state index contributed by atoms with van der Waals surface area (Å²) in [7, 11) is 1.77. The number of rotatable bonds is 11. The predicted molar refractivity (Wildman–Crippen MR) is 141 cm³/mol. The van der Waals surface area contributed by atoms with E-state index in [9.17, 15) is 9.59 Å². The molecule has 180 valence electrons. The fourth-order valence-corrected chi connectivity index (χ4v) is 5.08. The van der Waals surface area contributed by atoms with E-state index >= 15 is 0 Å². The Labute approximate surface area is 214 Å². The standard InChI is InChI=1S/C26H29Cl2N3O2S/c1-18-22(16-19-8-4-3-5-9-19)25(33)31(2)26(30-18)34-15-7-6-10-24(32)29-14-13-20-11-12-21(27)17-23(20)28/h3-5,8-9,11-12,17H,6-7,10,13-16H2,1-2H3,(H,29,32). The van der Waals surface area contributed by atoms with Crippen molar-refractivity contribution >= 4 is 40.9 Å². The van der Waals surface area contributed by atoms with E-state index in [0.29, 0.717) is 41.0 Å². The highest BCUT2D eigenvalue weighted by molar-refractivity contribution is 7.99. The first kappa shape index (κ1) is 26.3. The molecule has 0 radical (unpaired) electrons. The van der Waals surface area contributed by atoms with Gasteiger partial charge in [0.1, 0.15) is 0 Å². The van der Waals surface area contributed by atoms with Crippen LogP contribution < -0.4 is 10.9 Å². The molecule has 0 spiro atoms. The number of benzene rings is 2. The second-order valence-electron chi connectivity index (χ2n) is 8.13. The van der Waals surface area contributed by atoms with E-state index in [0.717, 1.165) is 41.0 Å². The summed E-state index contributed by atoms with van der Waals surface area (Å²) in [6.45, 7) is 2.43. The predicted octanol–water partition coefficient (Wildman–Crippen LogP) is 5.61. The third-order valence-electron chi connectivity index (χ3n) is 5.53. The van der Waals surface area contributed by atoms with Crippen LogP contribution in [0.3, 0.4) is 0 Å². The minimum atomic E-state index is -0.000906. The van der Waals surface area contributed by atoms with Crippen molar-refractivity contribution in [3.63, 3.8) is 0 Å². The molecule has 0 aliphatic carbocycles. The van der Waals surface area contributed by atoms with Crippen LogP contribution in [0.25, 0.3) is 0 Å². The number of halogens is 2. The molecule has 8 heteroatoms. The number of unbranched alkanes of at least 4 members (excludes halogenated alkanes) is 1. The van der Waals surface area contributed by atoms with Gasteiger partial charge in [0.15, 0.2) is 5.16 Å². The molecule has 0 bridgehead atoms. The fraction of sp³-hybridized carbons (Fsp3) is 0.346. The molecule has 0 atom stereocenters. The maximum atomic E-state index is 12.9. The molecule has 2 aromatic carbocycles. The van der Waals surface area contributed by atoms with Crippen molar-refractivity contribution in [1.29, 1.82) is 0 Å². The molecule has 1 aromatic heterocycles. The Morgan fingerprint density at radius 2 is 1.88 bits per heavy atom. The third kappa shape index (κ3) is 7.62. The van der Waals surface area contributed by atoms with Crippen LogP contribution in [-0.4, -0.2) is 27.8 Å². The molecular formula is C26H29Cl2N3O2S. The maximum Gasteiger partial charge on any atom is 0.257 e. The van der Waals surface area contributed by atoms with Gasteiger partial charge in [0.05, 0.1) is 0 Å². The number of carbonyl (C=O) groups excluding carboxylic acids is 1. The Morgan fingerprint density at radius 1 is 1.12 bits per heavy atom. The zero-order chi connectivity index (χ0) is 24.5. The molecule has 0 saturated heterocycles. The molecular weight excluding hydrogens is 489 g/mol. The summed E-state index contributed by atoms with van der Waals surface area (Å²) in [5, 5.41) is 4.87. The molecule has 1 amide bonds. The number of hydrogen-bond donors (Lipinski definition) is 1. The lowest BCUT2D eigenvalue weighted by molar-refractivity contribution is -0.121. The Morgan fingerprint density at radius 3 is 2.62 bits per heavy atom. The normalized spacial score (nSPS) is 10.9. The van der Waals surface area contributed by atoms with Gasteiger partial charge in [-0.05, 0) is 49.4 Å². The lowest BCUT2D eigenvalue weighted by atomic mass is 10.1. The Bertz CT molecular complexity index is 1180. The van der Waals surface area contributed by atoms with Crippen molar-refractivity contribution < 1.29 is 4.79 Å². The lowest BCUT2D eigenvalue weighted by Crippen LogP contribution is -2.26. The summed E-state index contributed by atoms with van der Waals surface area (Å²) >= 11 is 13.6. The second-order valence-corrected chi connectivity index (χ2v) is 10.0. The average molecular weight is 519 g/mol. The van der Waals surface area contributed by atoms with Crippen molar-refractivity contribution in [2.75, 3.05) is 12.3 Å². The molecule has 0 aliphatic rings. The topological polar surface area (TPSA) is 64.0 Å². The maximum absolute atomic E-state index is 12.9. The highest BCUT2D eigenvalue weighted by Crippen LogP contribution is 2.21. The van der Waals surface area contributed by atoms with Gasteiger partial charge in [-0.2, -0.15) is 0 Å². The van der Waals surface area contributed by atoms with E-state index in [1.54, 1.807) is 35.5 Å². The Kier molecular flexibility index (Phi) is 10.1. The van der Waals surface area contributed by atoms with Crippen LogP contribution in [0.5, 0.6) is 0 Å². The van der Waals surface area contributed by atoms with Crippen LogP contribution in [0.15, 0.2) is 58.5 Å². The van der Waals surface area contributed by atoms with Gasteiger partial charge < -0.3 is 5.32 Å². The molecule has 0 aliphatic heterocycles. The fourth-order valence-electron chi connectivity index (χ4n) is 3.56. The number of aryl methyl sites for hydroxylation is 1. The van der Waals surface area contributed by atoms with E-state index in [4.69, 9.17) is 23.2 Å². The number of nitrogens with zero attached hydrogens (tertiary/aromatic N) is 2. The van der Waals surface area contributed by atoms with Crippen LogP contribution in [0.4, 0.5) is 0 Å². The van der Waals surface area contributed by atoms with E-state index < -0.39 is 0 Å². The van der Waals surface area contributed by atoms with Crippen molar-refractivity contribution in [2.24, 2.45) is 7.05 Å². The van der Waals surface area contributed by atoms with Crippen LogP contribution in [-0.2, 0) is 24.7 Å². The van der Waals surface area contributed by atoms with Gasteiger partial charge in [-0.1, -0.05) is 71.4 Å². The summed E-state index contributed by atoms with van der Waals surface area (Å²) in [6.07, 6.45) is 3.35. The third-order valence-corrected chi connectivity index (χ3v) is 7.24. The van der Waals surface area contributed by atoms with Gasteiger partial charge in [-0.25, -0.2) is 4.98 Å². The van der Waals surface area contributed by atoms with Gasteiger partial charge in [-0.15, -0.1) is 0 Å². The van der Waals surface area contributed by atoms with Crippen molar-refractivity contribution in [1.82, 2.24) is 14.9 Å². The second kappa shape index (κ2) is 13.0. The van der Waals surface area contributed by atoms with Gasteiger partial charge in [0.2, 0.25) is 5.91 Å². The van der Waals surface area contributed by atoms with Gasteiger partial charge >= 0.3 is 0 Å². The monoisotopic (exact) mass is 517 g/mol. The number of amides is 1. The Hall–Kier alpha value is -2.28. The number of thioether (sulfide) groups is 1. The van der Waals surface area contributed by atoms with Crippen LogP contribution in [0.2, 0.25) is 10.0 Å². The molecule has 1 N–H and O–H groups in total. The number of nitrogens with one attached hydrogen (secondary N) is 1. The molecule has 5 nitrogen and oxygen atoms in total. The zero-order valence-electron chi connectivity index (χ0n) is 19.4. The SMILES string of the molecule is Cc1nc(SCCCCC(=O)NCCc2ccc(Cl)cc2Cl)n(C)c(=O)c1Cc1ccccc1. The van der Waals surface area contributed by atoms with E-state index in [-0.39, 0.29) is 11.5 Å². The lowest BCUT2D eigenvalue weighted by Gasteiger charge is -2.12. The first-order chi connectivity index (χ1) is 16.3. The zero-order valence-corrected chi connectivity index (χ0v) is 21.8. The van der Waals surface area contributed by atoms with E-state index in [1.807, 2.05) is 43.3 Å². The molecule has 0 fully saturated rings. The van der Waals surface area contributed by atoms with E-state index in [2.05, 4.69) is 10.3 Å². The largest absolute Gasteiger partial charge is 0.356 e. The number of aromatic nitrogens is 2. The van der Waals surface area contributed by atoms with Gasteiger partial charge in [0, 0.05) is 53.5 Å². The quantitative estimate of drug-likeness (QED) is 0.204. The summed E-state index contributed by atoms with van der Waals surface area (Å²) in [6, 6.07) is 15.3. The van der Waals surface area contributed by atoms with Crippen molar-refractivity contribution in [2.45, 2.75) is 44.2 Å². The highest BCUT2D eigenvalue weighted by atomic mass is 35.5.